The van der Waals surface area contributed by atoms with Gasteiger partial charge in [-0.2, -0.15) is 5.10 Å². The average molecular weight is 227 g/mol. The van der Waals surface area contributed by atoms with Gasteiger partial charge < -0.3 is 10.2 Å². The van der Waals surface area contributed by atoms with Gasteiger partial charge in [-0.05, 0) is 14.0 Å². The first-order valence-corrected chi connectivity index (χ1v) is 5.10. The number of carbonyl (C=O) groups is 1. The molecule has 1 aromatic rings. The number of rotatable bonds is 6. The van der Waals surface area contributed by atoms with Crippen LogP contribution in [0.3, 0.4) is 0 Å². The first kappa shape index (κ1) is 12.7. The highest BCUT2D eigenvalue weighted by atomic mass is 16.4. The largest absolute Gasteiger partial charge is 0.480 e. The van der Waals surface area contributed by atoms with Crippen molar-refractivity contribution >= 4 is 5.97 Å². The molecule has 6 heteroatoms. The van der Waals surface area contributed by atoms with Crippen LogP contribution in [0.1, 0.15) is 12.5 Å². The highest BCUT2D eigenvalue weighted by molar-refractivity contribution is 5.72. The van der Waals surface area contributed by atoms with Crippen molar-refractivity contribution in [3.63, 3.8) is 0 Å². The Hall–Kier alpha value is -1.40. The van der Waals surface area contributed by atoms with Crippen molar-refractivity contribution in [1.29, 1.82) is 0 Å². The summed E-state index contributed by atoms with van der Waals surface area (Å²) >= 11 is 0. The Morgan fingerprint density at radius 2 is 2.38 bits per heavy atom. The lowest BCUT2D eigenvalue weighted by Gasteiger charge is -2.19. The molecule has 0 aromatic carbocycles. The zero-order valence-corrected chi connectivity index (χ0v) is 9.50. The van der Waals surface area contributed by atoms with Crippen LogP contribution in [0.2, 0.25) is 0 Å². The van der Waals surface area contributed by atoms with Crippen molar-refractivity contribution in [3.05, 3.63) is 18.0 Å². The van der Waals surface area contributed by atoms with Crippen LogP contribution in [0.25, 0.3) is 0 Å². The van der Waals surface area contributed by atoms with Gasteiger partial charge in [-0.15, -0.1) is 0 Å². The summed E-state index contributed by atoms with van der Waals surface area (Å²) in [5.74, 6) is -0.842. The quantitative estimate of drug-likeness (QED) is 0.702. The third-order valence-electron chi connectivity index (χ3n) is 2.47. The van der Waals surface area contributed by atoms with E-state index in [4.69, 9.17) is 10.2 Å². The molecule has 16 heavy (non-hydrogen) atoms. The van der Waals surface area contributed by atoms with Gasteiger partial charge in [0.1, 0.15) is 6.04 Å². The number of aliphatic hydroxyl groups excluding tert-OH is 1. The van der Waals surface area contributed by atoms with E-state index >= 15 is 0 Å². The summed E-state index contributed by atoms with van der Waals surface area (Å²) in [5, 5.41) is 21.6. The van der Waals surface area contributed by atoms with E-state index in [1.54, 1.807) is 35.9 Å². The molecule has 0 saturated heterocycles. The summed E-state index contributed by atoms with van der Waals surface area (Å²) in [7, 11) is 1.75. The molecule has 0 radical (unpaired) electrons. The standard InChI is InChI=1S/C10H17N3O3/c1-8(10(15)16)12(2)6-9-5-11-13(7-9)3-4-14/h5,7-8,14H,3-4,6H2,1-2H3,(H,15,16). The van der Waals surface area contributed by atoms with Crippen LogP contribution < -0.4 is 0 Å². The van der Waals surface area contributed by atoms with Crippen LogP contribution in [0.4, 0.5) is 0 Å². The predicted octanol–water partition coefficient (Wildman–Crippen LogP) is -0.220. The topological polar surface area (TPSA) is 78.6 Å². The third kappa shape index (κ3) is 3.32. The van der Waals surface area contributed by atoms with Crippen LogP contribution in [0.15, 0.2) is 12.4 Å². The molecule has 1 aromatic heterocycles. The maximum absolute atomic E-state index is 10.7. The second kappa shape index (κ2) is 5.62. The smallest absolute Gasteiger partial charge is 0.320 e. The number of aliphatic carboxylic acids is 1. The molecule has 1 atom stereocenters. The van der Waals surface area contributed by atoms with E-state index in [1.807, 2.05) is 0 Å². The predicted molar refractivity (Wildman–Crippen MR) is 57.9 cm³/mol. The fourth-order valence-corrected chi connectivity index (χ4v) is 1.33. The number of hydrogen-bond donors (Lipinski definition) is 2. The molecule has 6 nitrogen and oxygen atoms in total. The molecule has 0 aliphatic rings. The SMILES string of the molecule is CC(C(=O)O)N(C)Cc1cnn(CCO)c1. The van der Waals surface area contributed by atoms with E-state index in [-0.39, 0.29) is 6.61 Å². The number of nitrogens with zero attached hydrogens (tertiary/aromatic N) is 3. The van der Waals surface area contributed by atoms with Gasteiger partial charge >= 0.3 is 5.97 Å². The van der Waals surface area contributed by atoms with E-state index in [2.05, 4.69) is 5.10 Å². The molecule has 0 aliphatic carbocycles. The molecule has 1 rings (SSSR count). The minimum absolute atomic E-state index is 0.0441. The van der Waals surface area contributed by atoms with E-state index in [1.165, 1.54) is 0 Å². The first-order chi connectivity index (χ1) is 7.54. The summed E-state index contributed by atoms with van der Waals surface area (Å²) < 4.78 is 1.63. The van der Waals surface area contributed by atoms with Gasteiger partial charge in [0, 0.05) is 18.3 Å². The molecule has 0 amide bonds. The molecular weight excluding hydrogens is 210 g/mol. The minimum atomic E-state index is -0.842. The van der Waals surface area contributed by atoms with Crippen LogP contribution in [-0.2, 0) is 17.9 Å². The zero-order chi connectivity index (χ0) is 12.1. The average Bonchev–Trinajstić information content (AvgIpc) is 2.65. The van der Waals surface area contributed by atoms with Crippen molar-refractivity contribution in [1.82, 2.24) is 14.7 Å². The molecule has 90 valence electrons. The van der Waals surface area contributed by atoms with Crippen molar-refractivity contribution in [2.45, 2.75) is 26.1 Å². The van der Waals surface area contributed by atoms with Crippen molar-refractivity contribution < 1.29 is 15.0 Å². The summed E-state index contributed by atoms with van der Waals surface area (Å²) in [6.45, 7) is 2.67. The normalized spacial score (nSPS) is 13.0. The summed E-state index contributed by atoms with van der Waals surface area (Å²) in [4.78, 5) is 12.5. The van der Waals surface area contributed by atoms with Gasteiger partial charge in [0.15, 0.2) is 0 Å². The Morgan fingerprint density at radius 3 is 2.94 bits per heavy atom. The lowest BCUT2D eigenvalue weighted by atomic mass is 10.2. The van der Waals surface area contributed by atoms with E-state index < -0.39 is 12.0 Å². The second-order valence-corrected chi connectivity index (χ2v) is 3.76. The third-order valence-corrected chi connectivity index (χ3v) is 2.47. The molecule has 1 unspecified atom stereocenters. The van der Waals surface area contributed by atoms with Crippen LogP contribution in [0, 0.1) is 0 Å². The lowest BCUT2D eigenvalue weighted by Crippen LogP contribution is -2.35. The lowest BCUT2D eigenvalue weighted by molar-refractivity contribution is -0.142. The number of carboxylic acids is 1. The Kier molecular flexibility index (Phi) is 4.45. The Bertz CT molecular complexity index is 351. The first-order valence-electron chi connectivity index (χ1n) is 5.10. The monoisotopic (exact) mass is 227 g/mol. The van der Waals surface area contributed by atoms with Crippen LogP contribution in [-0.4, -0.2) is 50.6 Å². The fourth-order valence-electron chi connectivity index (χ4n) is 1.33. The molecule has 0 fully saturated rings. The van der Waals surface area contributed by atoms with Gasteiger partial charge in [-0.1, -0.05) is 0 Å². The number of likely N-dealkylation sites (N-methyl/N-ethyl adjacent to an activating group) is 1. The maximum Gasteiger partial charge on any atom is 0.320 e. The number of carboxylic acid groups (broad SMARTS) is 1. The molecule has 0 saturated carbocycles. The van der Waals surface area contributed by atoms with Gasteiger partial charge in [0.2, 0.25) is 0 Å². The summed E-state index contributed by atoms with van der Waals surface area (Å²) in [6, 6.07) is -0.527. The number of aliphatic hydroxyl groups is 1. The Labute approximate surface area is 94.1 Å². The van der Waals surface area contributed by atoms with Crippen LogP contribution in [0.5, 0.6) is 0 Å². The van der Waals surface area contributed by atoms with Crippen LogP contribution >= 0.6 is 0 Å². The van der Waals surface area contributed by atoms with E-state index in [0.29, 0.717) is 13.1 Å². The summed E-state index contributed by atoms with van der Waals surface area (Å²) in [5.41, 5.74) is 0.934. The number of hydrogen-bond acceptors (Lipinski definition) is 4. The van der Waals surface area contributed by atoms with Gasteiger partial charge in [-0.3, -0.25) is 14.4 Å². The van der Waals surface area contributed by atoms with Gasteiger partial charge in [-0.25, -0.2) is 0 Å². The molecule has 2 N–H and O–H groups in total. The Balaban J connectivity index is 2.55. The van der Waals surface area contributed by atoms with Crippen molar-refractivity contribution in [2.24, 2.45) is 0 Å². The zero-order valence-electron chi connectivity index (χ0n) is 9.50. The highest BCUT2D eigenvalue weighted by Crippen LogP contribution is 2.05. The van der Waals surface area contributed by atoms with Gasteiger partial charge in [0.05, 0.1) is 19.3 Å². The molecule has 0 aliphatic heterocycles. The second-order valence-electron chi connectivity index (χ2n) is 3.76. The molecule has 0 bridgehead atoms. The summed E-state index contributed by atoms with van der Waals surface area (Å²) in [6.07, 6.45) is 3.49. The molecule has 1 heterocycles. The van der Waals surface area contributed by atoms with Crippen molar-refractivity contribution in [3.8, 4) is 0 Å². The molecule has 0 spiro atoms. The van der Waals surface area contributed by atoms with Crippen molar-refractivity contribution in [2.75, 3.05) is 13.7 Å². The van der Waals surface area contributed by atoms with Gasteiger partial charge in [0.25, 0.3) is 0 Å². The highest BCUT2D eigenvalue weighted by Gasteiger charge is 2.17. The number of aromatic nitrogens is 2. The minimum Gasteiger partial charge on any atom is -0.480 e. The van der Waals surface area contributed by atoms with E-state index in [9.17, 15) is 4.79 Å². The molecular formula is C10H17N3O3. The fraction of sp³-hybridized carbons (Fsp3) is 0.600. The Morgan fingerprint density at radius 1 is 1.69 bits per heavy atom. The van der Waals surface area contributed by atoms with E-state index in [0.717, 1.165) is 5.56 Å². The maximum atomic E-state index is 10.7.